The molecule has 7 N–H and O–H groups in total. The van der Waals surface area contributed by atoms with Crippen LogP contribution in [0.15, 0.2) is 84.9 Å². The third-order valence-electron chi connectivity index (χ3n) is 7.69. The van der Waals surface area contributed by atoms with Crippen molar-refractivity contribution in [3.63, 3.8) is 0 Å². The molecular weight excluding hydrogens is 546 g/mol. The zero-order valence-corrected chi connectivity index (χ0v) is 24.0. The molecule has 4 unspecified atom stereocenters. The fourth-order valence-electron chi connectivity index (χ4n) is 5.33. The molecule has 4 amide bonds. The molecule has 3 aromatic rings. The Bertz CT molecular complexity index is 1380. The number of phenols is 1. The van der Waals surface area contributed by atoms with E-state index < -0.39 is 41.9 Å². The number of phenolic OH excluding ortho intramolecular Hbond substituents is 1. The van der Waals surface area contributed by atoms with Crippen LogP contribution in [0.25, 0.3) is 0 Å². The van der Waals surface area contributed by atoms with Crippen LogP contribution in [0.3, 0.4) is 0 Å². The van der Waals surface area contributed by atoms with Crippen LogP contribution in [-0.2, 0) is 38.4 Å². The van der Waals surface area contributed by atoms with Crippen LogP contribution in [0.5, 0.6) is 5.75 Å². The zero-order valence-electron chi connectivity index (χ0n) is 24.0. The lowest BCUT2D eigenvalue weighted by Crippen LogP contribution is -2.57. The first-order chi connectivity index (χ1) is 20.7. The number of primary amides is 1. The predicted octanol–water partition coefficient (Wildman–Crippen LogP) is 1.58. The summed E-state index contributed by atoms with van der Waals surface area (Å²) in [6, 6.07) is 21.7. The van der Waals surface area contributed by atoms with Gasteiger partial charge in [-0.05, 0) is 60.9 Å². The molecule has 1 aliphatic rings. The molecule has 0 spiro atoms. The van der Waals surface area contributed by atoms with E-state index in [9.17, 15) is 24.3 Å². The standard InChI is InChI=1S/C33H39N5O5/c34-26(20-24-13-16-25(39)17-14-24)33(43)38-19-7-12-29(38)32(42)36-27(18-15-22-8-3-1-4-9-22)31(41)37-28(30(35)40)21-23-10-5-2-6-11-23/h1-6,8-11,13-14,16-17,26-29,39H,7,12,15,18-21,34H2,(H2,35,40)(H,36,42)(H,37,41). The number of benzene rings is 3. The number of hydrogen-bond acceptors (Lipinski definition) is 6. The van der Waals surface area contributed by atoms with Crippen molar-refractivity contribution >= 4 is 23.6 Å². The van der Waals surface area contributed by atoms with Gasteiger partial charge in [-0.3, -0.25) is 19.2 Å². The van der Waals surface area contributed by atoms with Crippen LogP contribution in [-0.4, -0.2) is 64.3 Å². The fourth-order valence-corrected chi connectivity index (χ4v) is 5.33. The summed E-state index contributed by atoms with van der Waals surface area (Å²) in [5.74, 6) is -1.89. The van der Waals surface area contributed by atoms with Crippen molar-refractivity contribution in [1.29, 1.82) is 0 Å². The van der Waals surface area contributed by atoms with Gasteiger partial charge in [0.25, 0.3) is 0 Å². The van der Waals surface area contributed by atoms with E-state index in [2.05, 4.69) is 10.6 Å². The highest BCUT2D eigenvalue weighted by Crippen LogP contribution is 2.20. The van der Waals surface area contributed by atoms with E-state index in [-0.39, 0.29) is 30.9 Å². The minimum Gasteiger partial charge on any atom is -0.508 e. The molecule has 226 valence electrons. The number of nitrogens with one attached hydrogen (secondary N) is 2. The summed E-state index contributed by atoms with van der Waals surface area (Å²) in [5, 5.41) is 15.1. The molecule has 43 heavy (non-hydrogen) atoms. The maximum Gasteiger partial charge on any atom is 0.243 e. The molecule has 10 nitrogen and oxygen atoms in total. The lowest BCUT2D eigenvalue weighted by atomic mass is 10.0. The first kappa shape index (κ1) is 31.2. The Balaban J connectivity index is 1.45. The van der Waals surface area contributed by atoms with E-state index in [0.29, 0.717) is 25.8 Å². The van der Waals surface area contributed by atoms with Gasteiger partial charge in [0.2, 0.25) is 23.6 Å². The van der Waals surface area contributed by atoms with Crippen LogP contribution < -0.4 is 22.1 Å². The number of aryl methyl sites for hydroxylation is 1. The van der Waals surface area contributed by atoms with Gasteiger partial charge < -0.3 is 32.1 Å². The Hall–Kier alpha value is -4.70. The van der Waals surface area contributed by atoms with E-state index in [1.807, 2.05) is 60.7 Å². The minimum absolute atomic E-state index is 0.119. The molecule has 4 atom stereocenters. The quantitative estimate of drug-likeness (QED) is 0.204. The number of aromatic hydroxyl groups is 1. The molecule has 4 rings (SSSR count). The number of amides is 4. The van der Waals surface area contributed by atoms with Gasteiger partial charge in [0.15, 0.2) is 0 Å². The summed E-state index contributed by atoms with van der Waals surface area (Å²) in [6.07, 6.45) is 2.31. The molecule has 0 aromatic heterocycles. The average molecular weight is 586 g/mol. The maximum absolute atomic E-state index is 13.6. The van der Waals surface area contributed by atoms with Crippen molar-refractivity contribution < 1.29 is 24.3 Å². The lowest BCUT2D eigenvalue weighted by molar-refractivity contribution is -0.140. The fraction of sp³-hybridized carbons (Fsp3) is 0.333. The predicted molar refractivity (Wildman–Crippen MR) is 162 cm³/mol. The van der Waals surface area contributed by atoms with Crippen LogP contribution in [0.2, 0.25) is 0 Å². The highest BCUT2D eigenvalue weighted by atomic mass is 16.3. The van der Waals surface area contributed by atoms with Crippen LogP contribution in [0.4, 0.5) is 0 Å². The number of hydrogen-bond donors (Lipinski definition) is 5. The first-order valence-electron chi connectivity index (χ1n) is 14.5. The second kappa shape index (κ2) is 15.0. The van der Waals surface area contributed by atoms with Crippen molar-refractivity contribution in [3.8, 4) is 5.75 Å². The van der Waals surface area contributed by atoms with E-state index in [4.69, 9.17) is 11.5 Å². The van der Waals surface area contributed by atoms with E-state index >= 15 is 0 Å². The van der Waals surface area contributed by atoms with Crippen molar-refractivity contribution in [1.82, 2.24) is 15.5 Å². The van der Waals surface area contributed by atoms with Crippen molar-refractivity contribution in [2.45, 2.75) is 62.7 Å². The molecule has 0 radical (unpaired) electrons. The average Bonchev–Trinajstić information content (AvgIpc) is 3.51. The van der Waals surface area contributed by atoms with Gasteiger partial charge in [-0.15, -0.1) is 0 Å². The molecule has 1 heterocycles. The number of carbonyl (C=O) groups excluding carboxylic acids is 4. The molecule has 0 bridgehead atoms. The molecular formula is C33H39N5O5. The second-order valence-electron chi connectivity index (χ2n) is 10.9. The monoisotopic (exact) mass is 585 g/mol. The third-order valence-corrected chi connectivity index (χ3v) is 7.69. The highest BCUT2D eigenvalue weighted by Gasteiger charge is 2.38. The summed E-state index contributed by atoms with van der Waals surface area (Å²) in [6.45, 7) is 0.377. The van der Waals surface area contributed by atoms with Crippen LogP contribution in [0.1, 0.15) is 36.0 Å². The molecule has 1 aliphatic heterocycles. The van der Waals surface area contributed by atoms with Crippen molar-refractivity contribution in [2.24, 2.45) is 11.5 Å². The smallest absolute Gasteiger partial charge is 0.243 e. The number of carbonyl (C=O) groups is 4. The molecule has 1 fully saturated rings. The zero-order chi connectivity index (χ0) is 30.8. The summed E-state index contributed by atoms with van der Waals surface area (Å²) in [7, 11) is 0. The lowest BCUT2D eigenvalue weighted by Gasteiger charge is -2.29. The maximum atomic E-state index is 13.6. The second-order valence-corrected chi connectivity index (χ2v) is 10.9. The van der Waals surface area contributed by atoms with Gasteiger partial charge in [0, 0.05) is 13.0 Å². The summed E-state index contributed by atoms with van der Waals surface area (Å²) >= 11 is 0. The van der Waals surface area contributed by atoms with Crippen LogP contribution in [0, 0.1) is 0 Å². The summed E-state index contributed by atoms with van der Waals surface area (Å²) < 4.78 is 0. The van der Waals surface area contributed by atoms with E-state index in [1.165, 1.54) is 17.0 Å². The SMILES string of the molecule is NC(=O)C(Cc1ccccc1)NC(=O)C(CCc1ccccc1)NC(=O)C1CCCN1C(=O)C(N)Cc1ccc(O)cc1. The molecule has 0 aliphatic carbocycles. The number of nitrogens with zero attached hydrogens (tertiary/aromatic N) is 1. The van der Waals surface area contributed by atoms with Gasteiger partial charge in [-0.25, -0.2) is 0 Å². The van der Waals surface area contributed by atoms with E-state index in [1.54, 1.807) is 12.1 Å². The molecule has 3 aromatic carbocycles. The van der Waals surface area contributed by atoms with Gasteiger partial charge in [-0.2, -0.15) is 0 Å². The molecule has 0 saturated carbocycles. The Kier molecular flexibility index (Phi) is 10.9. The Morgan fingerprint density at radius 2 is 1.42 bits per heavy atom. The van der Waals surface area contributed by atoms with E-state index in [0.717, 1.165) is 16.7 Å². The Labute approximate surface area is 251 Å². The normalized spacial score (nSPS) is 16.6. The number of rotatable bonds is 13. The third kappa shape index (κ3) is 8.89. The minimum atomic E-state index is -0.964. The van der Waals surface area contributed by atoms with Gasteiger partial charge in [0.1, 0.15) is 23.9 Å². The largest absolute Gasteiger partial charge is 0.508 e. The first-order valence-corrected chi connectivity index (χ1v) is 14.5. The number of likely N-dealkylation sites (tertiary alicyclic amines) is 1. The Morgan fingerprint density at radius 1 is 0.814 bits per heavy atom. The molecule has 10 heteroatoms. The highest BCUT2D eigenvalue weighted by molar-refractivity contribution is 5.95. The van der Waals surface area contributed by atoms with Crippen molar-refractivity contribution in [2.75, 3.05) is 6.54 Å². The van der Waals surface area contributed by atoms with Gasteiger partial charge in [0.05, 0.1) is 6.04 Å². The summed E-state index contributed by atoms with van der Waals surface area (Å²) in [4.78, 5) is 54.1. The molecule has 1 saturated heterocycles. The van der Waals surface area contributed by atoms with Crippen LogP contribution >= 0.6 is 0 Å². The van der Waals surface area contributed by atoms with Gasteiger partial charge in [-0.1, -0.05) is 72.8 Å². The summed E-state index contributed by atoms with van der Waals surface area (Å²) in [5.41, 5.74) is 14.5. The van der Waals surface area contributed by atoms with Gasteiger partial charge >= 0.3 is 0 Å². The Morgan fingerprint density at radius 3 is 2.05 bits per heavy atom. The number of nitrogens with two attached hydrogens (primary N) is 2. The topological polar surface area (TPSA) is 168 Å². The van der Waals surface area contributed by atoms with Crippen molar-refractivity contribution in [3.05, 3.63) is 102 Å².